The second-order valence-corrected chi connectivity index (χ2v) is 2.53. The van der Waals surface area contributed by atoms with Crippen LogP contribution in [0.4, 0.5) is 14.5 Å². The lowest BCUT2D eigenvalue weighted by atomic mass is 10.1. The van der Waals surface area contributed by atoms with E-state index in [2.05, 4.69) is 5.32 Å². The maximum atomic E-state index is 13.0. The van der Waals surface area contributed by atoms with Gasteiger partial charge in [-0.2, -0.15) is 0 Å². The SMILES string of the molecule is CCc1cc(F)cc(F)c1NC. The van der Waals surface area contributed by atoms with Crippen molar-refractivity contribution < 1.29 is 8.78 Å². The fraction of sp³-hybridized carbons (Fsp3) is 0.333. The molecule has 0 aliphatic heterocycles. The van der Waals surface area contributed by atoms with Crippen molar-refractivity contribution in [3.8, 4) is 0 Å². The minimum absolute atomic E-state index is 0.388. The maximum absolute atomic E-state index is 13.0. The zero-order valence-electron chi connectivity index (χ0n) is 7.12. The topological polar surface area (TPSA) is 12.0 Å². The molecule has 1 aromatic rings. The molecule has 0 aliphatic carbocycles. The molecule has 0 atom stereocenters. The summed E-state index contributed by atoms with van der Waals surface area (Å²) in [6, 6.07) is 2.22. The van der Waals surface area contributed by atoms with Crippen LogP contribution in [0.25, 0.3) is 0 Å². The molecule has 1 rings (SSSR count). The average Bonchev–Trinajstić information content (AvgIpc) is 2.03. The smallest absolute Gasteiger partial charge is 0.149 e. The van der Waals surface area contributed by atoms with E-state index in [-0.39, 0.29) is 0 Å². The van der Waals surface area contributed by atoms with E-state index < -0.39 is 11.6 Å². The fourth-order valence-electron chi connectivity index (χ4n) is 1.19. The number of hydrogen-bond acceptors (Lipinski definition) is 1. The van der Waals surface area contributed by atoms with E-state index in [0.29, 0.717) is 17.7 Å². The Bertz CT molecular complexity index is 284. The first kappa shape index (κ1) is 8.97. The van der Waals surface area contributed by atoms with E-state index in [1.54, 1.807) is 7.05 Å². The molecule has 1 nitrogen and oxygen atoms in total. The Hall–Kier alpha value is -1.12. The highest BCUT2D eigenvalue weighted by atomic mass is 19.1. The van der Waals surface area contributed by atoms with Crippen LogP contribution in [-0.4, -0.2) is 7.05 Å². The summed E-state index contributed by atoms with van der Waals surface area (Å²) in [6.07, 6.45) is 0.616. The van der Waals surface area contributed by atoms with Crippen LogP contribution in [0.2, 0.25) is 0 Å². The van der Waals surface area contributed by atoms with Crippen molar-refractivity contribution in [1.82, 2.24) is 0 Å². The minimum atomic E-state index is -0.533. The van der Waals surface area contributed by atoms with Crippen LogP contribution in [0, 0.1) is 11.6 Å². The van der Waals surface area contributed by atoms with Crippen molar-refractivity contribution in [3.63, 3.8) is 0 Å². The highest BCUT2D eigenvalue weighted by Crippen LogP contribution is 2.21. The molecular formula is C9H11F2N. The van der Waals surface area contributed by atoms with Gasteiger partial charge in [-0.3, -0.25) is 0 Å². The van der Waals surface area contributed by atoms with Gasteiger partial charge in [-0.15, -0.1) is 0 Å². The molecule has 0 bridgehead atoms. The summed E-state index contributed by atoms with van der Waals surface area (Å²) >= 11 is 0. The van der Waals surface area contributed by atoms with E-state index in [0.717, 1.165) is 6.07 Å². The van der Waals surface area contributed by atoms with E-state index in [1.165, 1.54) is 6.07 Å². The first-order valence-corrected chi connectivity index (χ1v) is 3.84. The van der Waals surface area contributed by atoms with Crippen LogP contribution >= 0.6 is 0 Å². The summed E-state index contributed by atoms with van der Waals surface area (Å²) in [4.78, 5) is 0. The molecule has 66 valence electrons. The van der Waals surface area contributed by atoms with Gasteiger partial charge in [0.05, 0.1) is 5.69 Å². The molecule has 0 heterocycles. The van der Waals surface area contributed by atoms with Crippen molar-refractivity contribution in [2.75, 3.05) is 12.4 Å². The zero-order valence-corrected chi connectivity index (χ0v) is 7.12. The lowest BCUT2D eigenvalue weighted by Crippen LogP contribution is -1.99. The van der Waals surface area contributed by atoms with E-state index in [9.17, 15) is 8.78 Å². The van der Waals surface area contributed by atoms with Crippen LogP contribution in [0.1, 0.15) is 12.5 Å². The van der Waals surface area contributed by atoms with E-state index in [1.807, 2.05) is 6.92 Å². The van der Waals surface area contributed by atoms with Gasteiger partial charge in [-0.05, 0) is 18.1 Å². The van der Waals surface area contributed by atoms with Crippen LogP contribution in [-0.2, 0) is 6.42 Å². The number of halogens is 2. The summed E-state index contributed by atoms with van der Waals surface area (Å²) in [5, 5.41) is 2.70. The van der Waals surface area contributed by atoms with Crippen LogP contribution in [0.5, 0.6) is 0 Å². The van der Waals surface area contributed by atoms with Crippen LogP contribution in [0.15, 0.2) is 12.1 Å². The van der Waals surface area contributed by atoms with Gasteiger partial charge < -0.3 is 5.32 Å². The normalized spacial score (nSPS) is 10.0. The third kappa shape index (κ3) is 1.55. The number of hydrogen-bond donors (Lipinski definition) is 1. The summed E-state index contributed by atoms with van der Waals surface area (Å²) in [7, 11) is 1.62. The number of nitrogens with one attached hydrogen (secondary N) is 1. The largest absolute Gasteiger partial charge is 0.386 e. The first-order chi connectivity index (χ1) is 5.69. The Labute approximate surface area is 70.4 Å². The molecule has 0 spiro atoms. The van der Waals surface area contributed by atoms with Crippen LogP contribution < -0.4 is 5.32 Å². The molecule has 0 aromatic heterocycles. The highest BCUT2D eigenvalue weighted by Gasteiger charge is 2.07. The van der Waals surface area contributed by atoms with Crippen molar-refractivity contribution >= 4 is 5.69 Å². The molecule has 0 radical (unpaired) electrons. The third-order valence-electron chi connectivity index (χ3n) is 1.77. The zero-order chi connectivity index (χ0) is 9.14. The first-order valence-electron chi connectivity index (χ1n) is 3.84. The standard InChI is InChI=1S/C9H11F2N/c1-3-6-4-7(10)5-8(11)9(6)12-2/h4-5,12H,3H2,1-2H3. The summed E-state index contributed by atoms with van der Waals surface area (Å²) in [6.45, 7) is 1.86. The van der Waals surface area contributed by atoms with Crippen molar-refractivity contribution in [1.29, 1.82) is 0 Å². The molecule has 3 heteroatoms. The van der Waals surface area contributed by atoms with Gasteiger partial charge in [0.15, 0.2) is 0 Å². The monoisotopic (exact) mass is 171 g/mol. The lowest BCUT2D eigenvalue weighted by molar-refractivity contribution is 0.582. The Morgan fingerprint density at radius 1 is 1.33 bits per heavy atom. The molecule has 1 aromatic carbocycles. The quantitative estimate of drug-likeness (QED) is 0.721. The Morgan fingerprint density at radius 3 is 2.50 bits per heavy atom. The molecule has 0 saturated heterocycles. The van der Waals surface area contributed by atoms with Crippen molar-refractivity contribution in [3.05, 3.63) is 29.3 Å². The van der Waals surface area contributed by atoms with Gasteiger partial charge in [0.2, 0.25) is 0 Å². The highest BCUT2D eigenvalue weighted by molar-refractivity contribution is 5.52. The van der Waals surface area contributed by atoms with Gasteiger partial charge in [-0.25, -0.2) is 8.78 Å². The number of aryl methyl sites for hydroxylation is 1. The predicted octanol–water partition coefficient (Wildman–Crippen LogP) is 2.57. The minimum Gasteiger partial charge on any atom is -0.386 e. The number of benzene rings is 1. The molecule has 0 fully saturated rings. The van der Waals surface area contributed by atoms with Crippen molar-refractivity contribution in [2.45, 2.75) is 13.3 Å². The summed E-state index contributed by atoms with van der Waals surface area (Å²) < 4.78 is 25.7. The van der Waals surface area contributed by atoms with Crippen LogP contribution in [0.3, 0.4) is 0 Å². The van der Waals surface area contributed by atoms with Gasteiger partial charge >= 0.3 is 0 Å². The predicted molar refractivity (Wildman–Crippen MR) is 45.3 cm³/mol. The number of rotatable bonds is 2. The fourth-order valence-corrected chi connectivity index (χ4v) is 1.19. The molecule has 1 N–H and O–H groups in total. The average molecular weight is 171 g/mol. The Morgan fingerprint density at radius 2 is 2.00 bits per heavy atom. The van der Waals surface area contributed by atoms with E-state index in [4.69, 9.17) is 0 Å². The molecular weight excluding hydrogens is 160 g/mol. The van der Waals surface area contributed by atoms with Gasteiger partial charge in [0.1, 0.15) is 11.6 Å². The lowest BCUT2D eigenvalue weighted by Gasteiger charge is -2.07. The molecule has 0 amide bonds. The number of anilines is 1. The third-order valence-corrected chi connectivity index (χ3v) is 1.77. The van der Waals surface area contributed by atoms with E-state index >= 15 is 0 Å². The second-order valence-electron chi connectivity index (χ2n) is 2.53. The van der Waals surface area contributed by atoms with Gasteiger partial charge in [-0.1, -0.05) is 6.92 Å². The molecule has 0 saturated carbocycles. The summed E-state index contributed by atoms with van der Waals surface area (Å²) in [5.41, 5.74) is 1.05. The second kappa shape index (κ2) is 3.52. The van der Waals surface area contributed by atoms with Gasteiger partial charge in [0.25, 0.3) is 0 Å². The molecule has 0 aliphatic rings. The van der Waals surface area contributed by atoms with Gasteiger partial charge in [0, 0.05) is 13.1 Å². The molecule has 12 heavy (non-hydrogen) atoms. The Kier molecular flexibility index (Phi) is 2.63. The Balaban J connectivity index is 3.24. The van der Waals surface area contributed by atoms with Crippen molar-refractivity contribution in [2.24, 2.45) is 0 Å². The summed E-state index contributed by atoms with van der Waals surface area (Å²) in [5.74, 6) is -1.06. The molecule has 0 unspecified atom stereocenters. The maximum Gasteiger partial charge on any atom is 0.149 e.